The van der Waals surface area contributed by atoms with Crippen LogP contribution in [0.1, 0.15) is 21.6 Å². The Morgan fingerprint density at radius 2 is 1.76 bits per heavy atom. The summed E-state index contributed by atoms with van der Waals surface area (Å²) in [6.45, 7) is 0.778. The van der Waals surface area contributed by atoms with E-state index in [-0.39, 0.29) is 5.69 Å². The van der Waals surface area contributed by atoms with Crippen molar-refractivity contribution in [3.63, 3.8) is 0 Å². The molecule has 0 saturated carbocycles. The second-order valence-electron chi connectivity index (χ2n) is 6.84. The van der Waals surface area contributed by atoms with Gasteiger partial charge in [0.1, 0.15) is 11.4 Å². The average molecular weight is 386 g/mol. The Bertz CT molecular complexity index is 1180. The number of aromatic carboxylic acids is 1. The molecule has 1 heterocycles. The van der Waals surface area contributed by atoms with Crippen LogP contribution in [0.3, 0.4) is 0 Å². The van der Waals surface area contributed by atoms with Gasteiger partial charge in [0.05, 0.1) is 7.11 Å². The van der Waals surface area contributed by atoms with Crippen LogP contribution in [0.4, 0.5) is 0 Å². The van der Waals surface area contributed by atoms with Gasteiger partial charge in [-0.3, -0.25) is 0 Å². The van der Waals surface area contributed by atoms with Crippen LogP contribution in [-0.2, 0) is 13.1 Å². The quantitative estimate of drug-likeness (QED) is 0.511. The fourth-order valence-corrected chi connectivity index (χ4v) is 3.83. The van der Waals surface area contributed by atoms with Crippen LogP contribution in [0.5, 0.6) is 5.75 Å². The molecule has 0 fully saturated rings. The number of ether oxygens (including phenoxy) is 1. The zero-order valence-corrected chi connectivity index (χ0v) is 16.1. The molecule has 29 heavy (non-hydrogen) atoms. The van der Waals surface area contributed by atoms with Crippen molar-refractivity contribution in [1.29, 1.82) is 0 Å². The number of fused-ring (bicyclic) bond motifs is 1. The minimum atomic E-state index is -0.974. The highest BCUT2D eigenvalue weighted by Gasteiger charge is 2.25. The first-order valence-electron chi connectivity index (χ1n) is 9.39. The third kappa shape index (κ3) is 3.37. The largest absolute Gasteiger partial charge is 0.497 e. The molecule has 0 atom stereocenters. The first-order chi connectivity index (χ1) is 14.1. The molecule has 4 rings (SSSR count). The third-order valence-electron chi connectivity index (χ3n) is 5.16. The second kappa shape index (κ2) is 7.81. The normalized spacial score (nSPS) is 11.0. The van der Waals surface area contributed by atoms with E-state index in [2.05, 4.69) is 0 Å². The van der Waals surface area contributed by atoms with Crippen LogP contribution in [0.2, 0.25) is 0 Å². The van der Waals surface area contributed by atoms with Gasteiger partial charge >= 0.3 is 5.97 Å². The number of carbonyl (C=O) groups is 1. The van der Waals surface area contributed by atoms with Gasteiger partial charge in [-0.1, -0.05) is 54.6 Å². The molecule has 5 heteroatoms. The lowest BCUT2D eigenvalue weighted by Crippen LogP contribution is -2.11. The predicted octanol–water partition coefficient (Wildman–Crippen LogP) is 4.52. The van der Waals surface area contributed by atoms with E-state index in [9.17, 15) is 9.90 Å². The number of nitrogens with zero attached hydrogens (tertiary/aromatic N) is 1. The molecule has 0 radical (unpaired) electrons. The summed E-state index contributed by atoms with van der Waals surface area (Å²) in [6.07, 6.45) is 0. The maximum absolute atomic E-state index is 12.4. The zero-order chi connectivity index (χ0) is 20.4. The summed E-state index contributed by atoms with van der Waals surface area (Å²) in [5.41, 5.74) is 10.5. The molecule has 3 N–H and O–H groups in total. The van der Waals surface area contributed by atoms with Crippen molar-refractivity contribution in [3.05, 3.63) is 89.6 Å². The number of benzene rings is 3. The molecular weight excluding hydrogens is 364 g/mol. The summed E-state index contributed by atoms with van der Waals surface area (Å²) in [5.74, 6) is -0.296. The van der Waals surface area contributed by atoms with Gasteiger partial charge in [0.15, 0.2) is 0 Å². The van der Waals surface area contributed by atoms with E-state index in [1.807, 2.05) is 77.4 Å². The molecule has 0 unspecified atom stereocenters. The van der Waals surface area contributed by atoms with Gasteiger partial charge in [0.25, 0.3) is 0 Å². The predicted molar refractivity (Wildman–Crippen MR) is 114 cm³/mol. The maximum atomic E-state index is 12.4. The third-order valence-corrected chi connectivity index (χ3v) is 5.16. The van der Waals surface area contributed by atoms with E-state index in [4.69, 9.17) is 10.5 Å². The first kappa shape index (κ1) is 18.8. The number of aromatic nitrogens is 1. The Morgan fingerprint density at radius 3 is 2.45 bits per heavy atom. The fraction of sp³-hybridized carbons (Fsp3) is 0.125. The van der Waals surface area contributed by atoms with Crippen molar-refractivity contribution in [2.45, 2.75) is 13.1 Å². The van der Waals surface area contributed by atoms with Gasteiger partial charge in [-0.25, -0.2) is 4.79 Å². The van der Waals surface area contributed by atoms with Crippen molar-refractivity contribution >= 4 is 16.9 Å². The van der Waals surface area contributed by atoms with Gasteiger partial charge < -0.3 is 20.1 Å². The Labute approximate surface area is 169 Å². The van der Waals surface area contributed by atoms with E-state index in [1.54, 1.807) is 7.11 Å². The van der Waals surface area contributed by atoms with E-state index in [0.29, 0.717) is 24.4 Å². The standard InChI is InChI=1S/C24H22N2O3/c1-29-18-11-12-21-20(13-18)22(19-10-6-5-9-17(19)14-25)23(24(27)28)26(21)15-16-7-3-2-4-8-16/h2-13H,14-15,25H2,1H3,(H,27,28). The smallest absolute Gasteiger partial charge is 0.353 e. The van der Waals surface area contributed by atoms with Gasteiger partial charge in [-0.15, -0.1) is 0 Å². The summed E-state index contributed by atoms with van der Waals surface area (Å²) in [5, 5.41) is 11.0. The van der Waals surface area contributed by atoms with Crippen molar-refractivity contribution < 1.29 is 14.6 Å². The molecule has 5 nitrogen and oxygen atoms in total. The highest BCUT2D eigenvalue weighted by atomic mass is 16.5. The Kier molecular flexibility index (Phi) is 5.06. The van der Waals surface area contributed by atoms with Crippen molar-refractivity contribution in [3.8, 4) is 16.9 Å². The second-order valence-corrected chi connectivity index (χ2v) is 6.84. The van der Waals surface area contributed by atoms with Crippen LogP contribution in [0.25, 0.3) is 22.0 Å². The maximum Gasteiger partial charge on any atom is 0.353 e. The number of methoxy groups -OCH3 is 1. The van der Waals surface area contributed by atoms with Crippen LogP contribution < -0.4 is 10.5 Å². The van der Waals surface area contributed by atoms with Gasteiger partial charge in [0.2, 0.25) is 0 Å². The van der Waals surface area contributed by atoms with Crippen molar-refractivity contribution in [2.24, 2.45) is 5.73 Å². The summed E-state index contributed by atoms with van der Waals surface area (Å²) in [7, 11) is 1.60. The van der Waals surface area contributed by atoms with E-state index in [1.165, 1.54) is 0 Å². The monoisotopic (exact) mass is 386 g/mol. The molecule has 3 aromatic carbocycles. The molecule has 146 valence electrons. The van der Waals surface area contributed by atoms with Crippen LogP contribution in [0.15, 0.2) is 72.8 Å². The number of rotatable bonds is 6. The highest BCUT2D eigenvalue weighted by molar-refractivity contribution is 6.09. The van der Waals surface area contributed by atoms with Crippen LogP contribution in [0, 0.1) is 0 Å². The lowest BCUT2D eigenvalue weighted by molar-refractivity contribution is 0.0687. The topological polar surface area (TPSA) is 77.5 Å². The molecule has 0 saturated heterocycles. The van der Waals surface area contributed by atoms with E-state index in [0.717, 1.165) is 27.6 Å². The summed E-state index contributed by atoms with van der Waals surface area (Å²) >= 11 is 0. The van der Waals surface area contributed by atoms with Gasteiger partial charge in [-0.05, 0) is 34.9 Å². The molecule has 0 bridgehead atoms. The minimum Gasteiger partial charge on any atom is -0.497 e. The SMILES string of the molecule is COc1ccc2c(c1)c(-c1ccccc1CN)c(C(=O)O)n2Cc1ccccc1. The van der Waals surface area contributed by atoms with E-state index >= 15 is 0 Å². The number of hydrogen-bond acceptors (Lipinski definition) is 3. The zero-order valence-electron chi connectivity index (χ0n) is 16.1. The molecule has 0 aliphatic carbocycles. The fourth-order valence-electron chi connectivity index (χ4n) is 3.83. The molecule has 1 aromatic heterocycles. The summed E-state index contributed by atoms with van der Waals surface area (Å²) < 4.78 is 7.27. The molecule has 0 spiro atoms. The molecular formula is C24H22N2O3. The van der Waals surface area contributed by atoms with Crippen LogP contribution >= 0.6 is 0 Å². The number of nitrogens with two attached hydrogens (primary N) is 1. The number of carboxylic acid groups (broad SMARTS) is 1. The van der Waals surface area contributed by atoms with Crippen LogP contribution in [-0.4, -0.2) is 22.8 Å². The highest BCUT2D eigenvalue weighted by Crippen LogP contribution is 2.39. The Hall–Kier alpha value is -3.57. The van der Waals surface area contributed by atoms with Crippen molar-refractivity contribution in [2.75, 3.05) is 7.11 Å². The Balaban J connectivity index is 2.08. The first-order valence-corrected chi connectivity index (χ1v) is 9.39. The molecule has 4 aromatic rings. The lowest BCUT2D eigenvalue weighted by atomic mass is 9.96. The summed E-state index contributed by atoms with van der Waals surface area (Å²) in [4.78, 5) is 12.4. The lowest BCUT2D eigenvalue weighted by Gasteiger charge is -2.11. The average Bonchev–Trinajstić information content (AvgIpc) is 3.07. The van der Waals surface area contributed by atoms with Gasteiger partial charge in [0, 0.05) is 29.6 Å². The van der Waals surface area contributed by atoms with Crippen molar-refractivity contribution in [1.82, 2.24) is 4.57 Å². The molecule has 0 aliphatic rings. The number of hydrogen-bond donors (Lipinski definition) is 2. The molecule has 0 aliphatic heterocycles. The van der Waals surface area contributed by atoms with E-state index < -0.39 is 5.97 Å². The Morgan fingerprint density at radius 1 is 1.03 bits per heavy atom. The number of carboxylic acids is 1. The van der Waals surface area contributed by atoms with Gasteiger partial charge in [-0.2, -0.15) is 0 Å². The molecule has 0 amide bonds. The summed E-state index contributed by atoms with van der Waals surface area (Å²) in [6, 6.07) is 23.2. The minimum absolute atomic E-state index is 0.248.